The van der Waals surface area contributed by atoms with E-state index in [1.54, 1.807) is 0 Å². The van der Waals surface area contributed by atoms with Gasteiger partial charge in [0.1, 0.15) is 0 Å². The molecule has 1 aromatic carbocycles. The van der Waals surface area contributed by atoms with Gasteiger partial charge in [0.2, 0.25) is 5.91 Å². The van der Waals surface area contributed by atoms with Crippen molar-refractivity contribution in [2.24, 2.45) is 11.7 Å². The first-order valence-corrected chi connectivity index (χ1v) is 6.85. The van der Waals surface area contributed by atoms with Crippen LogP contribution in [0.25, 0.3) is 0 Å². The van der Waals surface area contributed by atoms with Crippen molar-refractivity contribution < 1.29 is 4.79 Å². The molecule has 4 heteroatoms. The van der Waals surface area contributed by atoms with Crippen molar-refractivity contribution in [3.8, 4) is 0 Å². The number of para-hydroxylation sites is 1. The molecule has 19 heavy (non-hydrogen) atoms. The zero-order valence-corrected chi connectivity index (χ0v) is 11.7. The van der Waals surface area contributed by atoms with Crippen LogP contribution < -0.4 is 11.1 Å². The maximum atomic E-state index is 12.2. The highest BCUT2D eigenvalue weighted by atomic mass is 16.1. The summed E-state index contributed by atoms with van der Waals surface area (Å²) in [7, 11) is 4.04. The number of benzene rings is 1. The predicted octanol–water partition coefficient (Wildman–Crippen LogP) is 1.81. The highest BCUT2D eigenvalue weighted by Crippen LogP contribution is 2.26. The fraction of sp³-hybridized carbons (Fsp3) is 0.533. The summed E-state index contributed by atoms with van der Waals surface area (Å²) >= 11 is 0. The minimum Gasteiger partial charge on any atom is -0.328 e. The van der Waals surface area contributed by atoms with Gasteiger partial charge in [-0.1, -0.05) is 18.2 Å². The average Bonchev–Trinajstić information content (AvgIpc) is 2.78. The van der Waals surface area contributed by atoms with Gasteiger partial charge in [0.15, 0.2) is 0 Å². The largest absolute Gasteiger partial charge is 0.328 e. The molecule has 0 radical (unpaired) electrons. The van der Waals surface area contributed by atoms with E-state index >= 15 is 0 Å². The van der Waals surface area contributed by atoms with Gasteiger partial charge in [-0.2, -0.15) is 0 Å². The van der Waals surface area contributed by atoms with Gasteiger partial charge in [-0.15, -0.1) is 0 Å². The molecule has 0 heterocycles. The van der Waals surface area contributed by atoms with Crippen molar-refractivity contribution >= 4 is 11.6 Å². The molecule has 0 spiro atoms. The molecule has 1 amide bonds. The number of nitrogens with two attached hydrogens (primary N) is 1. The number of hydrogen-bond acceptors (Lipinski definition) is 3. The van der Waals surface area contributed by atoms with Gasteiger partial charge in [0.25, 0.3) is 0 Å². The normalized spacial score (nSPS) is 22.7. The van der Waals surface area contributed by atoms with E-state index in [1.807, 2.05) is 32.3 Å². The summed E-state index contributed by atoms with van der Waals surface area (Å²) in [6.45, 7) is 0.820. The van der Waals surface area contributed by atoms with E-state index in [0.29, 0.717) is 0 Å². The molecule has 1 fully saturated rings. The van der Waals surface area contributed by atoms with Gasteiger partial charge in [-0.05, 0) is 45.0 Å². The van der Waals surface area contributed by atoms with Crippen LogP contribution in [0.4, 0.5) is 5.69 Å². The van der Waals surface area contributed by atoms with Crippen molar-refractivity contribution in [1.82, 2.24) is 4.90 Å². The number of amides is 1. The summed E-state index contributed by atoms with van der Waals surface area (Å²) in [6, 6.07) is 8.16. The molecule has 2 atom stereocenters. The highest BCUT2D eigenvalue weighted by molar-refractivity contribution is 5.93. The molecule has 2 rings (SSSR count). The fourth-order valence-electron chi connectivity index (χ4n) is 2.61. The summed E-state index contributed by atoms with van der Waals surface area (Å²) in [5.41, 5.74) is 7.93. The molecule has 0 aromatic heterocycles. The van der Waals surface area contributed by atoms with Crippen molar-refractivity contribution in [3.63, 3.8) is 0 Å². The minimum atomic E-state index is 0.0717. The van der Waals surface area contributed by atoms with Crippen LogP contribution in [0.2, 0.25) is 0 Å². The lowest BCUT2D eigenvalue weighted by Crippen LogP contribution is -2.24. The lowest BCUT2D eigenvalue weighted by atomic mass is 10.1. The number of anilines is 1. The number of carbonyl (C=O) groups is 1. The van der Waals surface area contributed by atoms with Crippen molar-refractivity contribution in [3.05, 3.63) is 29.8 Å². The third-order valence-electron chi connectivity index (χ3n) is 3.61. The van der Waals surface area contributed by atoms with E-state index in [4.69, 9.17) is 5.73 Å². The van der Waals surface area contributed by atoms with E-state index in [2.05, 4.69) is 16.3 Å². The summed E-state index contributed by atoms with van der Waals surface area (Å²) < 4.78 is 0. The van der Waals surface area contributed by atoms with E-state index in [1.165, 1.54) is 0 Å². The zero-order chi connectivity index (χ0) is 13.8. The molecular formula is C15H23N3O. The number of hydrogen-bond donors (Lipinski definition) is 2. The molecule has 4 nitrogen and oxygen atoms in total. The second-order valence-electron chi connectivity index (χ2n) is 5.65. The smallest absolute Gasteiger partial charge is 0.227 e. The Labute approximate surface area is 115 Å². The molecule has 1 saturated carbocycles. The molecule has 0 bridgehead atoms. The first-order chi connectivity index (χ1) is 9.06. The highest BCUT2D eigenvalue weighted by Gasteiger charge is 2.27. The Bertz CT molecular complexity index is 445. The number of rotatable bonds is 4. The van der Waals surface area contributed by atoms with Gasteiger partial charge in [-0.25, -0.2) is 0 Å². The third kappa shape index (κ3) is 3.78. The fourth-order valence-corrected chi connectivity index (χ4v) is 2.61. The van der Waals surface area contributed by atoms with Crippen LogP contribution in [0, 0.1) is 5.92 Å². The van der Waals surface area contributed by atoms with E-state index in [-0.39, 0.29) is 17.9 Å². The Balaban J connectivity index is 2.04. The molecule has 1 aromatic rings. The minimum absolute atomic E-state index is 0.0717. The SMILES string of the molecule is CN(C)Cc1ccccc1NC(=O)C1CCC(N)C1. The van der Waals surface area contributed by atoms with Gasteiger partial charge in [0, 0.05) is 24.2 Å². The van der Waals surface area contributed by atoms with Crippen LogP contribution in [0.3, 0.4) is 0 Å². The topological polar surface area (TPSA) is 58.4 Å². The van der Waals surface area contributed by atoms with Crippen molar-refractivity contribution in [2.45, 2.75) is 31.8 Å². The summed E-state index contributed by atoms with van der Waals surface area (Å²) in [6.07, 6.45) is 2.67. The van der Waals surface area contributed by atoms with Gasteiger partial charge in [-0.3, -0.25) is 4.79 Å². The molecular weight excluding hydrogens is 238 g/mol. The molecule has 2 unspecified atom stereocenters. The molecule has 104 valence electrons. The molecule has 1 aliphatic rings. The van der Waals surface area contributed by atoms with Crippen LogP contribution in [-0.4, -0.2) is 30.9 Å². The zero-order valence-electron chi connectivity index (χ0n) is 11.7. The predicted molar refractivity (Wildman–Crippen MR) is 77.8 cm³/mol. The lowest BCUT2D eigenvalue weighted by Gasteiger charge is -2.16. The molecule has 0 aliphatic heterocycles. The number of carbonyl (C=O) groups excluding carboxylic acids is 1. The quantitative estimate of drug-likeness (QED) is 0.869. The lowest BCUT2D eigenvalue weighted by molar-refractivity contribution is -0.119. The molecule has 3 N–H and O–H groups in total. The summed E-state index contributed by atoms with van der Waals surface area (Å²) in [5, 5.41) is 3.06. The van der Waals surface area contributed by atoms with Crippen LogP contribution >= 0.6 is 0 Å². The van der Waals surface area contributed by atoms with Gasteiger partial charge < -0.3 is 16.0 Å². The monoisotopic (exact) mass is 261 g/mol. The maximum Gasteiger partial charge on any atom is 0.227 e. The second kappa shape index (κ2) is 6.17. The Morgan fingerprint density at radius 3 is 2.74 bits per heavy atom. The van der Waals surface area contributed by atoms with Crippen LogP contribution in [0.5, 0.6) is 0 Å². The summed E-state index contributed by atoms with van der Waals surface area (Å²) in [4.78, 5) is 14.3. The summed E-state index contributed by atoms with van der Waals surface area (Å²) in [5.74, 6) is 0.182. The number of nitrogens with one attached hydrogen (secondary N) is 1. The number of nitrogens with zero attached hydrogens (tertiary/aromatic N) is 1. The standard InChI is InChI=1S/C15H23N3O/c1-18(2)10-12-5-3-4-6-14(12)17-15(19)11-7-8-13(16)9-11/h3-6,11,13H,7-10,16H2,1-2H3,(H,17,19). The first kappa shape index (κ1) is 14.0. The van der Waals surface area contributed by atoms with Crippen molar-refractivity contribution in [2.75, 3.05) is 19.4 Å². The van der Waals surface area contributed by atoms with Crippen LogP contribution in [0.15, 0.2) is 24.3 Å². The average molecular weight is 261 g/mol. The van der Waals surface area contributed by atoms with Gasteiger partial charge >= 0.3 is 0 Å². The van der Waals surface area contributed by atoms with Gasteiger partial charge in [0.05, 0.1) is 0 Å². The Hall–Kier alpha value is -1.39. The molecule has 1 aliphatic carbocycles. The van der Waals surface area contributed by atoms with E-state index in [0.717, 1.165) is 37.1 Å². The van der Waals surface area contributed by atoms with Crippen LogP contribution in [-0.2, 0) is 11.3 Å². The van der Waals surface area contributed by atoms with E-state index < -0.39 is 0 Å². The maximum absolute atomic E-state index is 12.2. The second-order valence-corrected chi connectivity index (χ2v) is 5.65. The Morgan fingerprint density at radius 2 is 2.11 bits per heavy atom. The molecule has 0 saturated heterocycles. The first-order valence-electron chi connectivity index (χ1n) is 6.85. The Kier molecular flexibility index (Phi) is 4.56. The van der Waals surface area contributed by atoms with Crippen LogP contribution in [0.1, 0.15) is 24.8 Å². The third-order valence-corrected chi connectivity index (χ3v) is 3.61. The Morgan fingerprint density at radius 1 is 1.37 bits per heavy atom. The van der Waals surface area contributed by atoms with E-state index in [9.17, 15) is 4.79 Å². The van der Waals surface area contributed by atoms with Crippen molar-refractivity contribution in [1.29, 1.82) is 0 Å².